The van der Waals surface area contributed by atoms with Gasteiger partial charge in [0.25, 0.3) is 0 Å². The van der Waals surface area contributed by atoms with Crippen LogP contribution in [0.2, 0.25) is 0 Å². The summed E-state index contributed by atoms with van der Waals surface area (Å²) in [6, 6.07) is 5.63. The van der Waals surface area contributed by atoms with E-state index in [1.54, 1.807) is 13.1 Å². The second-order valence-electron chi connectivity index (χ2n) is 7.73. The molecule has 0 spiro atoms. The zero-order valence-corrected chi connectivity index (χ0v) is 19.1. The first-order chi connectivity index (χ1) is 15.1. The minimum atomic E-state index is -3.65. The SMILES string of the molecule is Cc1nc(S(C)(=O)=O)nc(NC(C)c2nc3ccn(C)c3cc2-c2cn[nH]c2C)c1C#N. The van der Waals surface area contributed by atoms with E-state index < -0.39 is 15.9 Å². The van der Waals surface area contributed by atoms with Crippen molar-refractivity contribution in [2.45, 2.75) is 32.0 Å². The van der Waals surface area contributed by atoms with Crippen molar-refractivity contribution in [1.82, 2.24) is 29.7 Å². The largest absolute Gasteiger partial charge is 0.361 e. The first-order valence-corrected chi connectivity index (χ1v) is 11.7. The molecule has 0 amide bonds. The van der Waals surface area contributed by atoms with Gasteiger partial charge < -0.3 is 9.88 Å². The van der Waals surface area contributed by atoms with Crippen LogP contribution >= 0.6 is 0 Å². The lowest BCUT2D eigenvalue weighted by atomic mass is 10.00. The van der Waals surface area contributed by atoms with Crippen LogP contribution in [-0.4, -0.2) is 44.4 Å². The number of fused-ring (bicyclic) bond motifs is 1. The van der Waals surface area contributed by atoms with E-state index in [0.717, 1.165) is 34.1 Å². The Bertz CT molecular complexity index is 1490. The summed E-state index contributed by atoms with van der Waals surface area (Å²) in [6.07, 6.45) is 4.71. The Kier molecular flexibility index (Phi) is 5.18. The second kappa shape index (κ2) is 7.72. The van der Waals surface area contributed by atoms with Crippen LogP contribution in [0.5, 0.6) is 0 Å². The maximum Gasteiger partial charge on any atom is 0.249 e. The highest BCUT2D eigenvalue weighted by molar-refractivity contribution is 7.90. The third kappa shape index (κ3) is 3.69. The molecule has 4 rings (SSSR count). The number of sulfone groups is 1. The molecule has 0 aromatic carbocycles. The lowest BCUT2D eigenvalue weighted by Crippen LogP contribution is -2.16. The van der Waals surface area contributed by atoms with E-state index in [1.807, 2.05) is 43.8 Å². The summed E-state index contributed by atoms with van der Waals surface area (Å²) < 4.78 is 26.0. The summed E-state index contributed by atoms with van der Waals surface area (Å²) in [7, 11) is -1.70. The van der Waals surface area contributed by atoms with Gasteiger partial charge in [-0.3, -0.25) is 5.10 Å². The van der Waals surface area contributed by atoms with Gasteiger partial charge in [-0.2, -0.15) is 15.3 Å². The number of nitriles is 1. The number of aromatic nitrogens is 6. The highest BCUT2D eigenvalue weighted by Gasteiger charge is 2.23. The monoisotopic (exact) mass is 450 g/mol. The summed E-state index contributed by atoms with van der Waals surface area (Å²) in [5.41, 5.74) is 5.64. The van der Waals surface area contributed by atoms with E-state index in [9.17, 15) is 13.7 Å². The van der Waals surface area contributed by atoms with Crippen molar-refractivity contribution in [3.63, 3.8) is 0 Å². The smallest absolute Gasteiger partial charge is 0.249 e. The molecule has 4 aromatic heterocycles. The molecule has 4 aromatic rings. The molecule has 4 heterocycles. The van der Waals surface area contributed by atoms with Crippen molar-refractivity contribution >= 4 is 26.7 Å². The van der Waals surface area contributed by atoms with Crippen LogP contribution in [0.25, 0.3) is 22.2 Å². The minimum absolute atomic E-state index is 0.151. The van der Waals surface area contributed by atoms with Crippen LogP contribution in [0, 0.1) is 25.2 Å². The third-order valence-electron chi connectivity index (χ3n) is 5.29. The van der Waals surface area contributed by atoms with Gasteiger partial charge in [-0.1, -0.05) is 0 Å². The number of rotatable bonds is 5. The van der Waals surface area contributed by atoms with E-state index in [4.69, 9.17) is 4.98 Å². The van der Waals surface area contributed by atoms with Gasteiger partial charge in [-0.25, -0.2) is 18.4 Å². The van der Waals surface area contributed by atoms with Gasteiger partial charge in [0.05, 0.1) is 34.7 Å². The molecule has 0 saturated heterocycles. The number of aryl methyl sites for hydroxylation is 3. The molecular weight excluding hydrogens is 428 g/mol. The Hall–Kier alpha value is -3.78. The maximum atomic E-state index is 12.0. The molecule has 0 bridgehead atoms. The van der Waals surface area contributed by atoms with Crippen LogP contribution in [0.1, 0.15) is 35.6 Å². The van der Waals surface area contributed by atoms with Gasteiger partial charge >= 0.3 is 0 Å². The second-order valence-corrected chi connectivity index (χ2v) is 9.64. The van der Waals surface area contributed by atoms with Crippen LogP contribution in [0.15, 0.2) is 29.7 Å². The molecule has 0 radical (unpaired) electrons. The van der Waals surface area contributed by atoms with Crippen molar-refractivity contribution in [2.75, 3.05) is 11.6 Å². The Balaban J connectivity index is 1.87. The number of aromatic amines is 1. The molecule has 0 fully saturated rings. The predicted octanol–water partition coefficient (Wildman–Crippen LogP) is 2.82. The molecule has 0 aliphatic heterocycles. The molecule has 0 aliphatic carbocycles. The lowest BCUT2D eigenvalue weighted by molar-refractivity contribution is 0.592. The van der Waals surface area contributed by atoms with Gasteiger partial charge in [0, 0.05) is 36.3 Å². The maximum absolute atomic E-state index is 12.0. The fraction of sp³-hybridized carbons (Fsp3) is 0.286. The fourth-order valence-corrected chi connectivity index (χ4v) is 4.15. The minimum Gasteiger partial charge on any atom is -0.361 e. The first-order valence-electron chi connectivity index (χ1n) is 9.81. The van der Waals surface area contributed by atoms with Gasteiger partial charge in [-0.15, -0.1) is 0 Å². The number of nitrogens with zero attached hydrogens (tertiary/aromatic N) is 6. The average molecular weight is 451 g/mol. The Morgan fingerprint density at radius 3 is 2.59 bits per heavy atom. The summed E-state index contributed by atoms with van der Waals surface area (Å²) in [6.45, 7) is 5.40. The summed E-state index contributed by atoms with van der Waals surface area (Å²) >= 11 is 0. The number of hydrogen-bond acceptors (Lipinski definition) is 8. The van der Waals surface area contributed by atoms with Gasteiger partial charge in [0.1, 0.15) is 17.5 Å². The number of pyridine rings is 1. The first kappa shape index (κ1) is 21.5. The Labute approximate surface area is 185 Å². The van der Waals surface area contributed by atoms with Crippen LogP contribution < -0.4 is 5.32 Å². The topological polar surface area (TPSA) is 142 Å². The zero-order chi connectivity index (χ0) is 23.2. The zero-order valence-electron chi connectivity index (χ0n) is 18.3. The van der Waals surface area contributed by atoms with Crippen LogP contribution in [-0.2, 0) is 16.9 Å². The van der Waals surface area contributed by atoms with Crippen molar-refractivity contribution in [1.29, 1.82) is 5.26 Å². The normalized spacial score (nSPS) is 12.6. The molecule has 11 heteroatoms. The van der Waals surface area contributed by atoms with Gasteiger partial charge in [-0.05, 0) is 32.9 Å². The summed E-state index contributed by atoms with van der Waals surface area (Å²) in [4.78, 5) is 13.0. The Morgan fingerprint density at radius 2 is 1.97 bits per heavy atom. The van der Waals surface area contributed by atoms with Crippen molar-refractivity contribution in [3.05, 3.63) is 47.2 Å². The highest BCUT2D eigenvalue weighted by atomic mass is 32.2. The van der Waals surface area contributed by atoms with Crippen LogP contribution in [0.4, 0.5) is 5.82 Å². The summed E-state index contributed by atoms with van der Waals surface area (Å²) in [5.74, 6) is 0.151. The molecule has 0 saturated carbocycles. The predicted molar refractivity (Wildman–Crippen MR) is 120 cm³/mol. The standard InChI is InChI=1S/C21H22N8O2S/c1-11-15(9-22)20(27-21(25-11)32(5,30)31)24-13(3)19-14(16-10-23-28-12(16)2)8-18-17(26-19)6-7-29(18)4/h6-8,10,13H,1-5H3,(H,23,28)(H,24,25,27). The average Bonchev–Trinajstić information content (AvgIpc) is 3.31. The molecule has 0 aliphatic rings. The van der Waals surface area contributed by atoms with E-state index in [-0.39, 0.29) is 22.2 Å². The van der Waals surface area contributed by atoms with Gasteiger partial charge in [0.2, 0.25) is 15.0 Å². The molecule has 1 unspecified atom stereocenters. The number of anilines is 1. The van der Waals surface area contributed by atoms with Crippen molar-refractivity contribution < 1.29 is 8.42 Å². The van der Waals surface area contributed by atoms with E-state index in [0.29, 0.717) is 5.69 Å². The van der Waals surface area contributed by atoms with Crippen molar-refractivity contribution in [2.24, 2.45) is 7.05 Å². The van der Waals surface area contributed by atoms with Crippen LogP contribution in [0.3, 0.4) is 0 Å². The van der Waals surface area contributed by atoms with E-state index in [1.165, 1.54) is 0 Å². The van der Waals surface area contributed by atoms with E-state index in [2.05, 4.69) is 31.6 Å². The number of H-pyrrole nitrogens is 1. The summed E-state index contributed by atoms with van der Waals surface area (Å²) in [5, 5.41) is 19.6. The number of nitrogens with one attached hydrogen (secondary N) is 2. The van der Waals surface area contributed by atoms with Crippen molar-refractivity contribution in [3.8, 4) is 17.2 Å². The molecule has 10 nitrogen and oxygen atoms in total. The molecule has 32 heavy (non-hydrogen) atoms. The van der Waals surface area contributed by atoms with Gasteiger partial charge in [0.15, 0.2) is 0 Å². The molecular formula is C21H22N8O2S. The van der Waals surface area contributed by atoms with E-state index >= 15 is 0 Å². The quantitative estimate of drug-likeness (QED) is 0.442. The Morgan fingerprint density at radius 1 is 1.22 bits per heavy atom. The molecule has 2 N–H and O–H groups in total. The third-order valence-corrected chi connectivity index (χ3v) is 6.14. The lowest BCUT2D eigenvalue weighted by Gasteiger charge is -2.19. The number of hydrogen-bond donors (Lipinski definition) is 2. The molecule has 164 valence electrons. The molecule has 1 atom stereocenters. The highest BCUT2D eigenvalue weighted by Crippen LogP contribution is 2.33. The fourth-order valence-electron chi connectivity index (χ4n) is 3.59.